The molecular formula is C18H23ClN2O3. The Morgan fingerprint density at radius 3 is 2.08 bits per heavy atom. The maximum Gasteiger partial charge on any atom is 0.224 e. The molecular weight excluding hydrogens is 328 g/mol. The van der Waals surface area contributed by atoms with Crippen molar-refractivity contribution in [3.63, 3.8) is 0 Å². The average Bonchev–Trinajstić information content (AvgIpc) is 2.57. The summed E-state index contributed by atoms with van der Waals surface area (Å²) in [4.78, 5) is 11.6. The third-order valence-corrected chi connectivity index (χ3v) is 3.12. The van der Waals surface area contributed by atoms with Crippen molar-refractivity contribution in [2.75, 3.05) is 18.5 Å². The Hall–Kier alpha value is -2.24. The number of halogens is 1. The van der Waals surface area contributed by atoms with Crippen LogP contribution in [0.3, 0.4) is 0 Å². The lowest BCUT2D eigenvalue weighted by atomic mass is 10.2. The standard InChI is InChI=1S/C18H22N2O3.ClH/c1-2-22-15-9-11-17(12-10-15)23-16-7-5-14(6-8-16)20-18(21)4-3-13-19;/h5-12H,2-4,13,19H2,1H3,(H,20,21);1H. The number of nitrogens with two attached hydrogens (primary N) is 1. The van der Waals surface area contributed by atoms with Gasteiger partial charge in [-0.3, -0.25) is 4.79 Å². The van der Waals surface area contributed by atoms with Gasteiger partial charge in [-0.2, -0.15) is 0 Å². The third kappa shape index (κ3) is 6.48. The van der Waals surface area contributed by atoms with Gasteiger partial charge in [-0.25, -0.2) is 0 Å². The topological polar surface area (TPSA) is 73.6 Å². The first-order chi connectivity index (χ1) is 11.2. The van der Waals surface area contributed by atoms with Crippen molar-refractivity contribution < 1.29 is 14.3 Å². The van der Waals surface area contributed by atoms with E-state index in [1.807, 2.05) is 55.5 Å². The maximum absolute atomic E-state index is 11.6. The van der Waals surface area contributed by atoms with Gasteiger partial charge in [0.05, 0.1) is 6.61 Å². The highest BCUT2D eigenvalue weighted by atomic mass is 35.5. The largest absolute Gasteiger partial charge is 0.494 e. The number of rotatable bonds is 8. The molecule has 6 heteroatoms. The van der Waals surface area contributed by atoms with Crippen molar-refractivity contribution >= 4 is 24.0 Å². The fraction of sp³-hybridized carbons (Fsp3) is 0.278. The number of ether oxygens (including phenoxy) is 2. The number of carbonyl (C=O) groups excluding carboxylic acids is 1. The predicted octanol–water partition coefficient (Wildman–Crippen LogP) is 3.98. The van der Waals surface area contributed by atoms with Gasteiger partial charge in [-0.1, -0.05) is 0 Å². The van der Waals surface area contributed by atoms with Crippen LogP contribution in [0.2, 0.25) is 0 Å². The lowest BCUT2D eigenvalue weighted by Gasteiger charge is -2.09. The molecule has 0 bridgehead atoms. The highest BCUT2D eigenvalue weighted by Crippen LogP contribution is 2.25. The lowest BCUT2D eigenvalue weighted by Crippen LogP contribution is -2.13. The molecule has 0 spiro atoms. The van der Waals surface area contributed by atoms with Gasteiger partial charge in [0.25, 0.3) is 0 Å². The van der Waals surface area contributed by atoms with Gasteiger partial charge in [-0.05, 0) is 68.4 Å². The summed E-state index contributed by atoms with van der Waals surface area (Å²) >= 11 is 0. The molecule has 0 fully saturated rings. The Labute approximate surface area is 148 Å². The second kappa shape index (κ2) is 10.5. The van der Waals surface area contributed by atoms with E-state index in [9.17, 15) is 4.79 Å². The molecule has 5 nitrogen and oxygen atoms in total. The molecule has 0 aliphatic heterocycles. The van der Waals surface area contributed by atoms with Crippen molar-refractivity contribution in [1.29, 1.82) is 0 Å². The van der Waals surface area contributed by atoms with E-state index in [4.69, 9.17) is 15.2 Å². The Kier molecular flexibility index (Phi) is 8.68. The summed E-state index contributed by atoms with van der Waals surface area (Å²) < 4.78 is 11.1. The second-order valence-electron chi connectivity index (χ2n) is 4.97. The molecule has 1 amide bonds. The minimum atomic E-state index is -0.0318. The van der Waals surface area contributed by atoms with E-state index in [2.05, 4.69) is 5.32 Å². The van der Waals surface area contributed by atoms with Gasteiger partial charge in [0.15, 0.2) is 0 Å². The highest BCUT2D eigenvalue weighted by molar-refractivity contribution is 5.90. The average molecular weight is 351 g/mol. The Bertz CT molecular complexity index is 615. The van der Waals surface area contributed by atoms with Crippen molar-refractivity contribution in [3.8, 4) is 17.2 Å². The summed E-state index contributed by atoms with van der Waals surface area (Å²) in [7, 11) is 0. The summed E-state index contributed by atoms with van der Waals surface area (Å²) in [6.45, 7) is 3.10. The van der Waals surface area contributed by atoms with Crippen LogP contribution in [-0.4, -0.2) is 19.1 Å². The zero-order chi connectivity index (χ0) is 16.5. The van der Waals surface area contributed by atoms with Gasteiger partial charge >= 0.3 is 0 Å². The summed E-state index contributed by atoms with van der Waals surface area (Å²) in [5, 5.41) is 2.82. The molecule has 0 aliphatic carbocycles. The molecule has 0 aromatic heterocycles. The molecule has 24 heavy (non-hydrogen) atoms. The first kappa shape index (κ1) is 19.8. The van der Waals surface area contributed by atoms with E-state index in [0.29, 0.717) is 31.7 Å². The van der Waals surface area contributed by atoms with Crippen molar-refractivity contribution in [1.82, 2.24) is 0 Å². The molecule has 130 valence electrons. The van der Waals surface area contributed by atoms with Gasteiger partial charge in [-0.15, -0.1) is 12.4 Å². The minimum Gasteiger partial charge on any atom is -0.494 e. The number of hydrogen-bond acceptors (Lipinski definition) is 4. The van der Waals surface area contributed by atoms with Gasteiger partial charge in [0, 0.05) is 12.1 Å². The van der Waals surface area contributed by atoms with Crippen molar-refractivity contribution in [2.24, 2.45) is 5.73 Å². The van der Waals surface area contributed by atoms with E-state index in [1.165, 1.54) is 0 Å². The number of nitrogens with one attached hydrogen (secondary N) is 1. The smallest absolute Gasteiger partial charge is 0.224 e. The Balaban J connectivity index is 0.00000288. The normalized spacial score (nSPS) is 9.75. The van der Waals surface area contributed by atoms with Crippen molar-refractivity contribution in [3.05, 3.63) is 48.5 Å². The number of benzene rings is 2. The summed E-state index contributed by atoms with van der Waals surface area (Å²) in [6, 6.07) is 14.7. The van der Waals surface area contributed by atoms with E-state index in [0.717, 1.165) is 17.2 Å². The molecule has 2 rings (SSSR count). The second-order valence-corrected chi connectivity index (χ2v) is 4.97. The zero-order valence-electron chi connectivity index (χ0n) is 13.7. The number of hydrogen-bond donors (Lipinski definition) is 2. The summed E-state index contributed by atoms with van der Waals surface area (Å²) in [6.07, 6.45) is 1.12. The SMILES string of the molecule is CCOc1ccc(Oc2ccc(NC(=O)CCCN)cc2)cc1.Cl. The summed E-state index contributed by atoms with van der Waals surface area (Å²) in [5.74, 6) is 2.22. The van der Waals surface area contributed by atoms with Crippen LogP contribution in [0.5, 0.6) is 17.2 Å². The number of anilines is 1. The Morgan fingerprint density at radius 2 is 1.54 bits per heavy atom. The van der Waals surface area contributed by atoms with Crippen LogP contribution < -0.4 is 20.5 Å². The predicted molar refractivity (Wildman–Crippen MR) is 98.3 cm³/mol. The maximum atomic E-state index is 11.6. The molecule has 0 unspecified atom stereocenters. The van der Waals surface area contributed by atoms with Crippen LogP contribution in [-0.2, 0) is 4.79 Å². The van der Waals surface area contributed by atoms with Gasteiger partial charge in [0.2, 0.25) is 5.91 Å². The highest BCUT2D eigenvalue weighted by Gasteiger charge is 2.03. The van der Waals surface area contributed by atoms with E-state index in [1.54, 1.807) is 0 Å². The molecule has 0 saturated carbocycles. The van der Waals surface area contributed by atoms with Gasteiger partial charge < -0.3 is 20.5 Å². The number of carbonyl (C=O) groups is 1. The summed E-state index contributed by atoms with van der Waals surface area (Å²) in [5.41, 5.74) is 6.13. The van der Waals surface area contributed by atoms with Crippen LogP contribution in [0.4, 0.5) is 5.69 Å². The van der Waals surface area contributed by atoms with Crippen LogP contribution in [0.15, 0.2) is 48.5 Å². The van der Waals surface area contributed by atoms with Crippen molar-refractivity contribution in [2.45, 2.75) is 19.8 Å². The quantitative estimate of drug-likeness (QED) is 0.755. The molecule has 0 atom stereocenters. The van der Waals surface area contributed by atoms with E-state index < -0.39 is 0 Å². The number of amides is 1. The molecule has 2 aromatic rings. The lowest BCUT2D eigenvalue weighted by molar-refractivity contribution is -0.116. The van der Waals surface area contributed by atoms with Crippen LogP contribution in [0, 0.1) is 0 Å². The first-order valence-corrected chi connectivity index (χ1v) is 7.72. The first-order valence-electron chi connectivity index (χ1n) is 7.72. The van der Waals surface area contributed by atoms with Crippen LogP contribution >= 0.6 is 12.4 Å². The fourth-order valence-corrected chi connectivity index (χ4v) is 2.00. The van der Waals surface area contributed by atoms with Gasteiger partial charge in [0.1, 0.15) is 17.2 Å². The minimum absolute atomic E-state index is 0. The molecule has 0 radical (unpaired) electrons. The van der Waals surface area contributed by atoms with E-state index in [-0.39, 0.29) is 18.3 Å². The molecule has 0 heterocycles. The molecule has 2 aromatic carbocycles. The third-order valence-electron chi connectivity index (χ3n) is 3.12. The Morgan fingerprint density at radius 1 is 1.00 bits per heavy atom. The molecule has 0 saturated heterocycles. The van der Waals surface area contributed by atoms with E-state index >= 15 is 0 Å². The fourth-order valence-electron chi connectivity index (χ4n) is 2.00. The molecule has 3 N–H and O–H groups in total. The molecule has 0 aliphatic rings. The monoisotopic (exact) mass is 350 g/mol. The zero-order valence-corrected chi connectivity index (χ0v) is 14.5. The van der Waals surface area contributed by atoms with Crippen LogP contribution in [0.1, 0.15) is 19.8 Å². The van der Waals surface area contributed by atoms with Crippen LogP contribution in [0.25, 0.3) is 0 Å².